The van der Waals surface area contributed by atoms with Crippen molar-refractivity contribution in [1.82, 2.24) is 10.3 Å². The maximum atomic E-state index is 13.5. The van der Waals surface area contributed by atoms with E-state index >= 15 is 0 Å². The molecule has 1 aliphatic heterocycles. The van der Waals surface area contributed by atoms with Crippen molar-refractivity contribution in [2.75, 3.05) is 23.7 Å². The van der Waals surface area contributed by atoms with Crippen LogP contribution in [0.1, 0.15) is 68.6 Å². The highest BCUT2D eigenvalue weighted by Crippen LogP contribution is 2.56. The van der Waals surface area contributed by atoms with Gasteiger partial charge in [-0.05, 0) is 80.2 Å². The van der Waals surface area contributed by atoms with Crippen LogP contribution >= 0.6 is 11.8 Å². The van der Waals surface area contributed by atoms with Gasteiger partial charge in [-0.3, -0.25) is 9.59 Å². The van der Waals surface area contributed by atoms with Gasteiger partial charge in [-0.25, -0.2) is 4.98 Å². The Morgan fingerprint density at radius 1 is 1.36 bits per heavy atom. The highest BCUT2D eigenvalue weighted by atomic mass is 32.2. The fraction of sp³-hybridized carbons (Fsp3) is 0.654. The van der Waals surface area contributed by atoms with Crippen molar-refractivity contribution in [3.63, 3.8) is 0 Å². The third kappa shape index (κ3) is 5.25. The number of carbonyl (C=O) groups is 2. The lowest BCUT2D eigenvalue weighted by molar-refractivity contribution is -0.234. The van der Waals surface area contributed by atoms with E-state index in [2.05, 4.69) is 17.1 Å². The zero-order valence-corrected chi connectivity index (χ0v) is 21.3. The lowest BCUT2D eigenvalue weighted by atomic mass is 9.57. The summed E-state index contributed by atoms with van der Waals surface area (Å²) in [5, 5.41) is 12.9. The van der Waals surface area contributed by atoms with Crippen LogP contribution in [0.25, 0.3) is 0 Å². The number of hydrogen-bond acceptors (Lipinski definition) is 6. The minimum absolute atomic E-state index is 0.0405. The molecule has 1 aromatic heterocycles. The van der Waals surface area contributed by atoms with Gasteiger partial charge in [0.2, 0.25) is 0 Å². The van der Waals surface area contributed by atoms with Gasteiger partial charge in [-0.1, -0.05) is 6.92 Å². The molecule has 6 rings (SSSR count). The van der Waals surface area contributed by atoms with E-state index in [1.165, 1.54) is 0 Å². The van der Waals surface area contributed by atoms with Crippen molar-refractivity contribution < 1.29 is 28.2 Å². The van der Waals surface area contributed by atoms with Crippen LogP contribution in [0.4, 0.5) is 14.6 Å². The monoisotopic (exact) mass is 521 g/mol. The van der Waals surface area contributed by atoms with Gasteiger partial charge in [0.1, 0.15) is 10.8 Å². The summed E-state index contributed by atoms with van der Waals surface area (Å²) in [5.74, 6) is 1.07. The molecule has 36 heavy (non-hydrogen) atoms. The first-order valence-corrected chi connectivity index (χ1v) is 13.8. The minimum Gasteiger partial charge on any atom is -0.481 e. The fourth-order valence-electron chi connectivity index (χ4n) is 6.70. The molecule has 0 radical (unpaired) electrons. The number of halogens is 2. The minimum atomic E-state index is -2.78. The van der Waals surface area contributed by atoms with E-state index in [1.807, 2.05) is 12.1 Å². The second kappa shape index (κ2) is 10.3. The van der Waals surface area contributed by atoms with Crippen molar-refractivity contribution in [3.8, 4) is 0 Å². The summed E-state index contributed by atoms with van der Waals surface area (Å²) in [6, 6.07) is 3.65. The first-order valence-electron chi connectivity index (χ1n) is 12.8. The number of nitrogens with zero attached hydrogens (tertiary/aromatic N) is 2. The van der Waals surface area contributed by atoms with Gasteiger partial charge in [0, 0.05) is 31.1 Å². The highest BCUT2D eigenvalue weighted by molar-refractivity contribution is 7.99. The quantitative estimate of drug-likeness (QED) is 0.416. The van der Waals surface area contributed by atoms with Crippen molar-refractivity contribution in [2.45, 2.75) is 75.5 Å². The van der Waals surface area contributed by atoms with E-state index in [4.69, 9.17) is 14.8 Å². The van der Waals surface area contributed by atoms with Crippen LogP contribution in [0.3, 0.4) is 0 Å². The zero-order valence-electron chi connectivity index (χ0n) is 20.5. The third-order valence-corrected chi connectivity index (χ3v) is 9.15. The number of ether oxygens (including phenoxy) is 1. The fourth-order valence-corrected chi connectivity index (χ4v) is 7.57. The number of aromatic nitrogens is 1. The summed E-state index contributed by atoms with van der Waals surface area (Å²) in [6.07, 6.45) is 5.28. The molecule has 4 aliphatic carbocycles. The van der Waals surface area contributed by atoms with E-state index < -0.39 is 18.2 Å². The molecule has 196 valence electrons. The normalized spacial score (nSPS) is 28.9. The standard InChI is InChI=1S/C26H33F2N3O4S/c1-2-7-36-24-19(3-4-20(29-24)31-6-5-15(14-31)10-21(32)33)23(34)30-22-17-8-16-9-18(22)13-26(11-16,12-17)35-25(27)28/h3-4,15-17,25H,2,5-14H2,1H3,(H,30,34)(H,32,33)/t15-,16?,17?,26+/m1/s1. The number of hydrogen-bond donors (Lipinski definition) is 2. The second-order valence-electron chi connectivity index (χ2n) is 10.7. The number of carboxylic acids is 1. The van der Waals surface area contributed by atoms with E-state index in [0.717, 1.165) is 55.1 Å². The number of allylic oxidation sites excluding steroid dienone is 1. The largest absolute Gasteiger partial charge is 0.481 e. The van der Waals surface area contributed by atoms with E-state index in [-0.39, 0.29) is 24.2 Å². The van der Waals surface area contributed by atoms with Gasteiger partial charge in [0.25, 0.3) is 5.91 Å². The zero-order chi connectivity index (χ0) is 25.4. The number of aliphatic carboxylic acids is 1. The Bertz CT molecular complexity index is 1060. The third-order valence-electron chi connectivity index (χ3n) is 7.95. The summed E-state index contributed by atoms with van der Waals surface area (Å²) in [7, 11) is 0. The summed E-state index contributed by atoms with van der Waals surface area (Å²) >= 11 is 1.54. The number of carbonyl (C=O) groups excluding carboxylic acids is 1. The maximum Gasteiger partial charge on any atom is 0.345 e. The Morgan fingerprint density at radius 2 is 2.19 bits per heavy atom. The first-order chi connectivity index (χ1) is 17.2. The molecule has 2 saturated carbocycles. The molecule has 3 fully saturated rings. The number of amides is 1. The van der Waals surface area contributed by atoms with Crippen LogP contribution in [0.15, 0.2) is 28.4 Å². The Morgan fingerprint density at radius 3 is 2.92 bits per heavy atom. The molecule has 7 nitrogen and oxygen atoms in total. The van der Waals surface area contributed by atoms with Crippen molar-refractivity contribution >= 4 is 29.5 Å². The Kier molecular flexibility index (Phi) is 7.27. The molecule has 0 aromatic carbocycles. The second-order valence-corrected chi connectivity index (χ2v) is 11.8. The van der Waals surface area contributed by atoms with Gasteiger partial charge < -0.3 is 20.1 Å². The first kappa shape index (κ1) is 25.4. The van der Waals surface area contributed by atoms with Crippen molar-refractivity contribution in [1.29, 1.82) is 0 Å². The molecule has 1 aromatic rings. The highest BCUT2D eigenvalue weighted by Gasteiger charge is 2.52. The molecular weight excluding hydrogens is 488 g/mol. The molecule has 2 heterocycles. The van der Waals surface area contributed by atoms with Gasteiger partial charge in [-0.15, -0.1) is 11.8 Å². The number of carboxylic acid groups (broad SMARTS) is 1. The van der Waals surface area contributed by atoms with Crippen LogP contribution < -0.4 is 10.2 Å². The number of anilines is 1. The van der Waals surface area contributed by atoms with Gasteiger partial charge in [0.15, 0.2) is 0 Å². The van der Waals surface area contributed by atoms with Crippen LogP contribution in [0.5, 0.6) is 0 Å². The Hall–Kier alpha value is -2.20. The summed E-state index contributed by atoms with van der Waals surface area (Å²) in [6.45, 7) is 0.684. The molecule has 1 amide bonds. The van der Waals surface area contributed by atoms with Crippen molar-refractivity contribution in [3.05, 3.63) is 29.0 Å². The smallest absolute Gasteiger partial charge is 0.345 e. The lowest BCUT2D eigenvalue weighted by Gasteiger charge is -2.54. The molecule has 4 atom stereocenters. The lowest BCUT2D eigenvalue weighted by Crippen LogP contribution is -2.52. The van der Waals surface area contributed by atoms with Crippen LogP contribution in [0, 0.1) is 17.8 Å². The molecule has 1 saturated heterocycles. The van der Waals surface area contributed by atoms with Crippen LogP contribution in [0.2, 0.25) is 0 Å². The Labute approximate surface area is 214 Å². The molecule has 5 aliphatic rings. The number of thioether (sulfide) groups is 1. The number of pyridine rings is 1. The van der Waals surface area contributed by atoms with E-state index in [1.54, 1.807) is 11.8 Å². The Balaban J connectivity index is 1.34. The van der Waals surface area contributed by atoms with Crippen LogP contribution in [-0.2, 0) is 9.53 Å². The molecule has 4 bridgehead atoms. The maximum absolute atomic E-state index is 13.5. The van der Waals surface area contributed by atoms with Gasteiger partial charge >= 0.3 is 12.6 Å². The predicted octanol–water partition coefficient (Wildman–Crippen LogP) is 5.07. The average molecular weight is 522 g/mol. The topological polar surface area (TPSA) is 91.8 Å². The SMILES string of the molecule is CCCSc1nc(N2CC[C@H](CC(=O)O)C2)ccc1C(=O)NC1=C2CC3CC1C[C@](OC(F)F)(C2)C3. The number of nitrogens with one attached hydrogen (secondary N) is 1. The van der Waals surface area contributed by atoms with Crippen molar-refractivity contribution in [2.24, 2.45) is 17.8 Å². The molecule has 2 unspecified atom stereocenters. The molecular formula is C26H33F2N3O4S. The summed E-state index contributed by atoms with van der Waals surface area (Å²) < 4.78 is 31.3. The average Bonchev–Trinajstić information content (AvgIpc) is 3.26. The number of alkyl halides is 2. The van der Waals surface area contributed by atoms with Crippen LogP contribution in [-0.4, -0.2) is 53.0 Å². The number of rotatable bonds is 10. The summed E-state index contributed by atoms with van der Waals surface area (Å²) in [4.78, 5) is 31.5. The molecule has 10 heteroatoms. The van der Waals surface area contributed by atoms with E-state index in [0.29, 0.717) is 42.3 Å². The molecule has 2 N–H and O–H groups in total. The van der Waals surface area contributed by atoms with E-state index in [9.17, 15) is 18.4 Å². The van der Waals surface area contributed by atoms with Gasteiger partial charge in [0.05, 0.1) is 11.2 Å². The predicted molar refractivity (Wildman–Crippen MR) is 132 cm³/mol. The molecule has 0 spiro atoms. The summed E-state index contributed by atoms with van der Waals surface area (Å²) in [5.41, 5.74) is 1.68. The van der Waals surface area contributed by atoms with Gasteiger partial charge in [-0.2, -0.15) is 8.78 Å².